The van der Waals surface area contributed by atoms with Crippen LogP contribution in [0, 0.1) is 11.6 Å². The van der Waals surface area contributed by atoms with Crippen LogP contribution >= 0.6 is 0 Å². The number of nitrogens with zero attached hydrogens (tertiary/aromatic N) is 4. The number of amides is 1. The van der Waals surface area contributed by atoms with Crippen molar-refractivity contribution >= 4 is 5.91 Å². The minimum atomic E-state index is -1.07. The third-order valence-corrected chi connectivity index (χ3v) is 5.01. The molecule has 0 unspecified atom stereocenters. The number of carbonyl (C=O) groups excluding carboxylic acids is 1. The number of benzene rings is 1. The SMILES string of the molecule is CN(C)CCCn1ccnc1[C@H]1CCCN(C(=O)c2cccc(F)c2F)C1. The molecular weight excluding hydrogens is 350 g/mol. The minimum absolute atomic E-state index is 0.105. The van der Waals surface area contributed by atoms with E-state index < -0.39 is 17.5 Å². The molecule has 1 saturated heterocycles. The maximum Gasteiger partial charge on any atom is 0.256 e. The largest absolute Gasteiger partial charge is 0.338 e. The molecule has 0 spiro atoms. The van der Waals surface area contributed by atoms with Gasteiger partial charge in [0.2, 0.25) is 0 Å². The highest BCUT2D eigenvalue weighted by molar-refractivity contribution is 5.94. The van der Waals surface area contributed by atoms with Gasteiger partial charge >= 0.3 is 0 Å². The molecule has 146 valence electrons. The van der Waals surface area contributed by atoms with Crippen LogP contribution in [0.25, 0.3) is 0 Å². The molecule has 2 heterocycles. The molecule has 0 bridgehead atoms. The second-order valence-corrected chi connectivity index (χ2v) is 7.33. The zero-order chi connectivity index (χ0) is 19.4. The first-order valence-electron chi connectivity index (χ1n) is 9.36. The van der Waals surface area contributed by atoms with Crippen LogP contribution in [0.2, 0.25) is 0 Å². The number of rotatable bonds is 6. The molecular formula is C20H26F2N4O. The first-order valence-corrected chi connectivity index (χ1v) is 9.36. The van der Waals surface area contributed by atoms with E-state index in [1.807, 2.05) is 20.3 Å². The van der Waals surface area contributed by atoms with E-state index in [-0.39, 0.29) is 11.5 Å². The highest BCUT2D eigenvalue weighted by Gasteiger charge is 2.29. The topological polar surface area (TPSA) is 41.4 Å². The lowest BCUT2D eigenvalue weighted by Crippen LogP contribution is -2.40. The number of aromatic nitrogens is 2. The number of aryl methyl sites for hydroxylation is 1. The number of hydrogen-bond donors (Lipinski definition) is 0. The Balaban J connectivity index is 1.70. The van der Waals surface area contributed by atoms with E-state index in [1.165, 1.54) is 12.1 Å². The summed E-state index contributed by atoms with van der Waals surface area (Å²) in [5.74, 6) is -1.46. The molecule has 1 amide bonds. The van der Waals surface area contributed by atoms with Gasteiger partial charge in [-0.3, -0.25) is 4.79 Å². The van der Waals surface area contributed by atoms with Crippen molar-refractivity contribution in [1.82, 2.24) is 19.4 Å². The first kappa shape index (κ1) is 19.5. The second kappa shape index (κ2) is 8.61. The van der Waals surface area contributed by atoms with E-state index in [2.05, 4.69) is 14.5 Å². The lowest BCUT2D eigenvalue weighted by atomic mass is 9.96. The molecule has 5 nitrogen and oxygen atoms in total. The van der Waals surface area contributed by atoms with Gasteiger partial charge in [0.25, 0.3) is 5.91 Å². The molecule has 1 atom stereocenters. The molecule has 2 aromatic rings. The second-order valence-electron chi connectivity index (χ2n) is 7.33. The highest BCUT2D eigenvalue weighted by Crippen LogP contribution is 2.27. The molecule has 1 aliphatic rings. The van der Waals surface area contributed by atoms with Crippen molar-refractivity contribution in [2.45, 2.75) is 31.7 Å². The van der Waals surface area contributed by atoms with Gasteiger partial charge in [-0.1, -0.05) is 6.07 Å². The quantitative estimate of drug-likeness (QED) is 0.778. The smallest absolute Gasteiger partial charge is 0.256 e. The Labute approximate surface area is 158 Å². The summed E-state index contributed by atoms with van der Waals surface area (Å²) in [5.41, 5.74) is -0.204. The molecule has 1 fully saturated rings. The molecule has 3 rings (SSSR count). The number of imidazole rings is 1. The fourth-order valence-corrected chi connectivity index (χ4v) is 3.64. The van der Waals surface area contributed by atoms with Crippen molar-refractivity contribution in [2.75, 3.05) is 33.7 Å². The summed E-state index contributed by atoms with van der Waals surface area (Å²) in [7, 11) is 4.09. The Hall–Kier alpha value is -2.28. The molecule has 7 heteroatoms. The summed E-state index contributed by atoms with van der Waals surface area (Å²) in [6.07, 6.45) is 6.52. The lowest BCUT2D eigenvalue weighted by molar-refractivity contribution is 0.0697. The number of likely N-dealkylation sites (tertiary alicyclic amines) is 1. The number of piperidine rings is 1. The van der Waals surface area contributed by atoms with Gasteiger partial charge in [0.1, 0.15) is 5.82 Å². The monoisotopic (exact) mass is 376 g/mol. The van der Waals surface area contributed by atoms with E-state index in [4.69, 9.17) is 0 Å². The van der Waals surface area contributed by atoms with Crippen LogP contribution in [0.15, 0.2) is 30.6 Å². The van der Waals surface area contributed by atoms with Crippen molar-refractivity contribution in [2.24, 2.45) is 0 Å². The third-order valence-electron chi connectivity index (χ3n) is 5.01. The van der Waals surface area contributed by atoms with E-state index in [0.717, 1.165) is 44.2 Å². The van der Waals surface area contributed by atoms with Gasteiger partial charge in [0.15, 0.2) is 11.6 Å². The van der Waals surface area contributed by atoms with Crippen molar-refractivity contribution in [1.29, 1.82) is 0 Å². The summed E-state index contributed by atoms with van der Waals surface area (Å²) in [6.45, 7) is 2.88. The van der Waals surface area contributed by atoms with Crippen LogP contribution < -0.4 is 0 Å². The van der Waals surface area contributed by atoms with Gasteiger partial charge in [0, 0.05) is 37.9 Å². The van der Waals surface area contributed by atoms with Crippen molar-refractivity contribution in [3.63, 3.8) is 0 Å². The van der Waals surface area contributed by atoms with Crippen LogP contribution in [-0.4, -0.2) is 59.0 Å². The fourth-order valence-electron chi connectivity index (χ4n) is 3.64. The molecule has 1 aromatic carbocycles. The molecule has 1 aliphatic heterocycles. The van der Waals surface area contributed by atoms with Gasteiger partial charge in [-0.15, -0.1) is 0 Å². The van der Waals surface area contributed by atoms with E-state index in [1.54, 1.807) is 11.1 Å². The van der Waals surface area contributed by atoms with Gasteiger partial charge in [-0.05, 0) is 52.0 Å². The normalized spacial score (nSPS) is 17.5. The van der Waals surface area contributed by atoms with Crippen LogP contribution in [-0.2, 0) is 6.54 Å². The summed E-state index contributed by atoms with van der Waals surface area (Å²) >= 11 is 0. The van der Waals surface area contributed by atoms with Crippen LogP contribution in [0.5, 0.6) is 0 Å². The number of hydrogen-bond acceptors (Lipinski definition) is 3. The average Bonchev–Trinajstić information content (AvgIpc) is 3.12. The minimum Gasteiger partial charge on any atom is -0.338 e. The molecule has 0 N–H and O–H groups in total. The van der Waals surface area contributed by atoms with E-state index in [9.17, 15) is 13.6 Å². The van der Waals surface area contributed by atoms with Gasteiger partial charge in [0.05, 0.1) is 5.56 Å². The zero-order valence-electron chi connectivity index (χ0n) is 15.9. The average molecular weight is 376 g/mol. The fraction of sp³-hybridized carbons (Fsp3) is 0.500. The Bertz CT molecular complexity index is 790. The molecule has 27 heavy (non-hydrogen) atoms. The predicted molar refractivity (Wildman–Crippen MR) is 99.6 cm³/mol. The Morgan fingerprint density at radius 2 is 2.15 bits per heavy atom. The molecule has 0 saturated carbocycles. The lowest BCUT2D eigenvalue weighted by Gasteiger charge is -2.33. The Kier molecular flexibility index (Phi) is 6.21. The summed E-state index contributed by atoms with van der Waals surface area (Å²) < 4.78 is 29.6. The van der Waals surface area contributed by atoms with Crippen molar-refractivity contribution in [3.8, 4) is 0 Å². The highest BCUT2D eigenvalue weighted by atomic mass is 19.2. The maximum atomic E-state index is 14.0. The van der Waals surface area contributed by atoms with Gasteiger partial charge in [-0.2, -0.15) is 0 Å². The van der Waals surface area contributed by atoms with Crippen LogP contribution in [0.3, 0.4) is 0 Å². The third kappa shape index (κ3) is 4.53. The summed E-state index contributed by atoms with van der Waals surface area (Å²) in [5, 5.41) is 0. The standard InChI is InChI=1S/C20H26F2N4O/c1-24(2)10-5-12-25-13-9-23-19(25)15-6-4-11-26(14-15)20(27)16-7-3-8-17(21)18(16)22/h3,7-9,13,15H,4-6,10-12,14H2,1-2H3/t15-/m0/s1. The molecule has 0 aliphatic carbocycles. The summed E-state index contributed by atoms with van der Waals surface area (Å²) in [6, 6.07) is 3.73. The molecule has 1 aromatic heterocycles. The molecule has 0 radical (unpaired) electrons. The Morgan fingerprint density at radius 3 is 2.93 bits per heavy atom. The van der Waals surface area contributed by atoms with E-state index >= 15 is 0 Å². The van der Waals surface area contributed by atoms with Gasteiger partial charge in [-0.25, -0.2) is 13.8 Å². The summed E-state index contributed by atoms with van der Waals surface area (Å²) in [4.78, 5) is 21.0. The number of carbonyl (C=O) groups is 1. The Morgan fingerprint density at radius 1 is 1.33 bits per heavy atom. The van der Waals surface area contributed by atoms with E-state index in [0.29, 0.717) is 13.1 Å². The number of halogens is 2. The van der Waals surface area contributed by atoms with Crippen LogP contribution in [0.1, 0.15) is 41.4 Å². The van der Waals surface area contributed by atoms with Crippen molar-refractivity contribution in [3.05, 3.63) is 53.6 Å². The zero-order valence-corrected chi connectivity index (χ0v) is 15.9. The first-order chi connectivity index (χ1) is 13.0. The predicted octanol–water partition coefficient (Wildman–Crippen LogP) is 3.13. The van der Waals surface area contributed by atoms with Crippen LogP contribution in [0.4, 0.5) is 8.78 Å². The maximum absolute atomic E-state index is 14.0. The van der Waals surface area contributed by atoms with Gasteiger partial charge < -0.3 is 14.4 Å². The van der Waals surface area contributed by atoms with Crippen molar-refractivity contribution < 1.29 is 13.6 Å².